The first-order chi connectivity index (χ1) is 8.52. The topological polar surface area (TPSA) is 0 Å². The van der Waals surface area contributed by atoms with E-state index < -0.39 is 41.2 Å². The van der Waals surface area contributed by atoms with E-state index in [0.29, 0.717) is 0 Å². The van der Waals surface area contributed by atoms with Crippen molar-refractivity contribution in [2.24, 2.45) is 0 Å². The Labute approximate surface area is 107 Å². The Morgan fingerprint density at radius 2 is 0.944 bits per heavy atom. The van der Waals surface area contributed by atoms with E-state index in [1.165, 1.54) is 0 Å². The van der Waals surface area contributed by atoms with Gasteiger partial charge in [-0.05, 0) is 24.3 Å². The van der Waals surface area contributed by atoms with E-state index in [-0.39, 0.29) is 0 Å². The number of halogens is 5. The molecule has 0 aromatic heterocycles. The van der Waals surface area contributed by atoms with Crippen molar-refractivity contribution in [1.29, 1.82) is 0 Å². The van der Waals surface area contributed by atoms with Crippen LogP contribution in [0.15, 0.2) is 36.4 Å². The largest absolute Gasteiger partial charge is 0.206 e. The first-order valence-corrected chi connectivity index (χ1v) is 7.11. The minimum atomic E-state index is -2.28. The predicted octanol–water partition coefficient (Wildman–Crippen LogP) is 3.83. The van der Waals surface area contributed by atoms with Crippen molar-refractivity contribution in [3.8, 4) is 0 Å². The molecule has 0 unspecified atom stereocenters. The molecule has 0 atom stereocenters. The number of hydrogen-bond donors (Lipinski definition) is 0. The van der Waals surface area contributed by atoms with Crippen molar-refractivity contribution < 1.29 is 17.6 Å². The SMILES string of the molecule is Fc1cccc(F)c1P(Cl)c1c(F)cccc1F. The van der Waals surface area contributed by atoms with Gasteiger partial charge < -0.3 is 0 Å². The molecule has 0 amide bonds. The Morgan fingerprint density at radius 1 is 0.667 bits per heavy atom. The number of hydrogen-bond acceptors (Lipinski definition) is 0. The number of rotatable bonds is 2. The van der Waals surface area contributed by atoms with Crippen LogP contribution in [0.4, 0.5) is 17.6 Å². The Hall–Kier alpha value is -1.12. The molecule has 0 nitrogen and oxygen atoms in total. The third-order valence-corrected chi connectivity index (χ3v) is 4.92. The average Bonchev–Trinajstić information content (AvgIpc) is 2.28. The highest BCUT2D eigenvalue weighted by Gasteiger charge is 2.25. The van der Waals surface area contributed by atoms with E-state index in [4.69, 9.17) is 11.2 Å². The van der Waals surface area contributed by atoms with E-state index in [0.717, 1.165) is 36.4 Å². The Balaban J connectivity index is 2.58. The fourth-order valence-corrected chi connectivity index (χ4v) is 3.71. The predicted molar refractivity (Wildman–Crippen MR) is 64.8 cm³/mol. The molecule has 2 rings (SSSR count). The van der Waals surface area contributed by atoms with Crippen molar-refractivity contribution in [2.45, 2.75) is 0 Å². The van der Waals surface area contributed by atoms with Crippen molar-refractivity contribution in [3.63, 3.8) is 0 Å². The van der Waals surface area contributed by atoms with Gasteiger partial charge >= 0.3 is 0 Å². The quantitative estimate of drug-likeness (QED) is 0.583. The summed E-state index contributed by atoms with van der Waals surface area (Å²) in [5, 5.41) is -1.00. The summed E-state index contributed by atoms with van der Waals surface area (Å²) in [6.45, 7) is 0. The molecule has 2 aromatic carbocycles. The fourth-order valence-electron chi connectivity index (χ4n) is 1.46. The van der Waals surface area contributed by atoms with Gasteiger partial charge in [0.2, 0.25) is 0 Å². The molecule has 0 aliphatic heterocycles. The summed E-state index contributed by atoms with van der Waals surface area (Å²) in [5.74, 6) is -3.67. The second-order valence-electron chi connectivity index (χ2n) is 3.42. The molecular weight excluding hydrogens is 287 g/mol. The van der Waals surface area contributed by atoms with Crippen LogP contribution >= 0.6 is 18.5 Å². The van der Waals surface area contributed by atoms with Gasteiger partial charge in [0.1, 0.15) is 23.3 Å². The summed E-state index contributed by atoms with van der Waals surface area (Å²) in [6, 6.07) is 6.30. The van der Waals surface area contributed by atoms with Crippen LogP contribution in [-0.4, -0.2) is 0 Å². The molecule has 94 valence electrons. The van der Waals surface area contributed by atoms with E-state index in [1.54, 1.807) is 0 Å². The highest BCUT2D eigenvalue weighted by molar-refractivity contribution is 7.95. The molecule has 0 saturated carbocycles. The zero-order chi connectivity index (χ0) is 13.3. The van der Waals surface area contributed by atoms with Gasteiger partial charge in [-0.3, -0.25) is 0 Å². The third-order valence-electron chi connectivity index (χ3n) is 2.27. The van der Waals surface area contributed by atoms with Crippen LogP contribution in [-0.2, 0) is 0 Å². The van der Waals surface area contributed by atoms with Gasteiger partial charge in [-0.2, -0.15) is 0 Å². The Morgan fingerprint density at radius 3 is 1.22 bits per heavy atom. The Bertz CT molecular complexity index is 496. The van der Waals surface area contributed by atoms with Crippen molar-refractivity contribution in [2.75, 3.05) is 0 Å². The summed E-state index contributed by atoms with van der Waals surface area (Å²) >= 11 is 5.86. The molecular formula is C12H6ClF4P. The summed E-state index contributed by atoms with van der Waals surface area (Å²) in [4.78, 5) is 0. The molecule has 0 fully saturated rings. The average molecular weight is 293 g/mol. The highest BCUT2D eigenvalue weighted by Crippen LogP contribution is 2.42. The summed E-state index contributed by atoms with van der Waals surface area (Å²) in [6.07, 6.45) is 0. The maximum absolute atomic E-state index is 13.5. The normalized spacial score (nSPS) is 11.0. The van der Waals surface area contributed by atoms with Gasteiger partial charge in [0.25, 0.3) is 0 Å². The van der Waals surface area contributed by atoms with Crippen LogP contribution in [0.25, 0.3) is 0 Å². The van der Waals surface area contributed by atoms with Crippen LogP contribution in [0.2, 0.25) is 0 Å². The van der Waals surface area contributed by atoms with Gasteiger partial charge in [0, 0.05) is 0 Å². The molecule has 0 heterocycles. The van der Waals surface area contributed by atoms with Gasteiger partial charge in [-0.15, -0.1) is 0 Å². The maximum atomic E-state index is 13.5. The fraction of sp³-hybridized carbons (Fsp3) is 0. The third kappa shape index (κ3) is 2.36. The van der Waals surface area contributed by atoms with Crippen molar-refractivity contribution in [3.05, 3.63) is 59.7 Å². The maximum Gasteiger partial charge on any atom is 0.135 e. The standard InChI is InChI=1S/C12H6ClF4P/c13-18(11-7(14)3-1-4-8(11)15)12-9(16)5-2-6-10(12)17/h1-6H. The molecule has 0 aliphatic rings. The number of benzene rings is 2. The molecule has 18 heavy (non-hydrogen) atoms. The lowest BCUT2D eigenvalue weighted by Gasteiger charge is -2.13. The van der Waals surface area contributed by atoms with E-state index in [1.807, 2.05) is 0 Å². The summed E-state index contributed by atoms with van der Waals surface area (Å²) in [5.41, 5.74) is 0. The van der Waals surface area contributed by atoms with Crippen molar-refractivity contribution in [1.82, 2.24) is 0 Å². The molecule has 0 saturated heterocycles. The Kier molecular flexibility index (Phi) is 3.88. The summed E-state index contributed by atoms with van der Waals surface area (Å²) < 4.78 is 54.0. The highest BCUT2D eigenvalue weighted by atomic mass is 35.7. The summed E-state index contributed by atoms with van der Waals surface area (Å²) in [7, 11) is -2.28. The molecule has 6 heteroatoms. The van der Waals surface area contributed by atoms with Gasteiger partial charge in [-0.1, -0.05) is 23.4 Å². The van der Waals surface area contributed by atoms with Gasteiger partial charge in [-0.25, -0.2) is 17.6 Å². The molecule has 2 aromatic rings. The van der Waals surface area contributed by atoms with Gasteiger partial charge in [0.15, 0.2) is 0 Å². The first-order valence-electron chi connectivity index (χ1n) is 4.86. The van der Waals surface area contributed by atoms with Gasteiger partial charge in [0.05, 0.1) is 17.9 Å². The lowest BCUT2D eigenvalue weighted by Crippen LogP contribution is -2.20. The zero-order valence-corrected chi connectivity index (χ0v) is 10.5. The van der Waals surface area contributed by atoms with E-state index in [2.05, 4.69) is 0 Å². The monoisotopic (exact) mass is 292 g/mol. The first kappa shape index (κ1) is 13.3. The van der Waals surface area contributed by atoms with Crippen LogP contribution in [0.5, 0.6) is 0 Å². The van der Waals surface area contributed by atoms with Crippen LogP contribution in [0, 0.1) is 23.3 Å². The lowest BCUT2D eigenvalue weighted by molar-refractivity contribution is 0.595. The molecule has 0 spiro atoms. The molecule has 0 N–H and O–H groups in total. The minimum absolute atomic E-state index is 0.502. The van der Waals surface area contributed by atoms with Crippen LogP contribution in [0.3, 0.4) is 0 Å². The van der Waals surface area contributed by atoms with Crippen LogP contribution in [0.1, 0.15) is 0 Å². The molecule has 0 aliphatic carbocycles. The second kappa shape index (κ2) is 5.25. The zero-order valence-electron chi connectivity index (χ0n) is 8.80. The molecule has 0 radical (unpaired) electrons. The van der Waals surface area contributed by atoms with E-state index in [9.17, 15) is 17.6 Å². The second-order valence-corrected chi connectivity index (χ2v) is 5.89. The van der Waals surface area contributed by atoms with Crippen molar-refractivity contribution >= 4 is 29.1 Å². The lowest BCUT2D eigenvalue weighted by atomic mass is 10.3. The molecule has 0 bridgehead atoms. The van der Waals surface area contributed by atoms with Crippen LogP contribution < -0.4 is 10.6 Å². The smallest absolute Gasteiger partial charge is 0.135 e. The minimum Gasteiger partial charge on any atom is -0.206 e. The van der Waals surface area contributed by atoms with E-state index >= 15 is 0 Å².